The van der Waals surface area contributed by atoms with E-state index < -0.39 is 0 Å². The van der Waals surface area contributed by atoms with E-state index in [9.17, 15) is 4.39 Å². The molecule has 2 aromatic rings. The van der Waals surface area contributed by atoms with Crippen LogP contribution in [0.3, 0.4) is 0 Å². The maximum Gasteiger partial charge on any atom is 0.161 e. The van der Waals surface area contributed by atoms with Crippen LogP contribution in [0.25, 0.3) is 0 Å². The molecule has 0 fully saturated rings. The van der Waals surface area contributed by atoms with Crippen molar-refractivity contribution in [2.75, 3.05) is 7.11 Å². The van der Waals surface area contributed by atoms with Gasteiger partial charge in [-0.15, -0.1) is 0 Å². The Morgan fingerprint density at radius 3 is 2.50 bits per heavy atom. The molecular formula is C20H26FNO2. The molecule has 0 saturated carbocycles. The maximum absolute atomic E-state index is 13.7. The Kier molecular flexibility index (Phi) is 6.21. The monoisotopic (exact) mass is 331 g/mol. The molecule has 3 nitrogen and oxygen atoms in total. The topological polar surface area (TPSA) is 30.5 Å². The lowest BCUT2D eigenvalue weighted by Crippen LogP contribution is -2.37. The summed E-state index contributed by atoms with van der Waals surface area (Å²) in [5.74, 6) is 0.998. The number of benzene rings is 2. The van der Waals surface area contributed by atoms with E-state index in [0.29, 0.717) is 17.1 Å². The number of hydrogen-bond acceptors (Lipinski definition) is 3. The Labute approximate surface area is 143 Å². The van der Waals surface area contributed by atoms with Gasteiger partial charge in [0.25, 0.3) is 0 Å². The molecule has 0 atom stereocenters. The van der Waals surface area contributed by atoms with Crippen molar-refractivity contribution in [2.24, 2.45) is 0 Å². The molecule has 0 radical (unpaired) electrons. The number of methoxy groups -OCH3 is 1. The molecule has 0 aliphatic heterocycles. The Hall–Kier alpha value is -2.07. The molecule has 0 bridgehead atoms. The summed E-state index contributed by atoms with van der Waals surface area (Å²) in [6.07, 6.45) is 1.05. The third-order valence-corrected chi connectivity index (χ3v) is 4.22. The summed E-state index contributed by atoms with van der Waals surface area (Å²) in [4.78, 5) is 0. The fraction of sp³-hybridized carbons (Fsp3) is 0.400. The van der Waals surface area contributed by atoms with Crippen LogP contribution in [0.1, 0.15) is 38.3 Å². The zero-order valence-corrected chi connectivity index (χ0v) is 14.9. The van der Waals surface area contributed by atoms with Gasteiger partial charge in [-0.3, -0.25) is 0 Å². The molecule has 0 heterocycles. The molecule has 0 saturated heterocycles. The molecular weight excluding hydrogens is 305 g/mol. The van der Waals surface area contributed by atoms with E-state index in [1.54, 1.807) is 25.3 Å². The van der Waals surface area contributed by atoms with Gasteiger partial charge in [0, 0.05) is 17.6 Å². The average molecular weight is 331 g/mol. The van der Waals surface area contributed by atoms with E-state index in [1.807, 2.05) is 18.2 Å². The molecule has 130 valence electrons. The summed E-state index contributed by atoms with van der Waals surface area (Å²) >= 11 is 0. The quantitative estimate of drug-likeness (QED) is 0.761. The van der Waals surface area contributed by atoms with E-state index in [0.717, 1.165) is 18.5 Å². The summed E-state index contributed by atoms with van der Waals surface area (Å²) in [6.45, 7) is 7.44. The third-order valence-electron chi connectivity index (χ3n) is 4.22. The van der Waals surface area contributed by atoms with E-state index in [-0.39, 0.29) is 18.0 Å². The second-order valence-electron chi connectivity index (χ2n) is 6.46. The van der Waals surface area contributed by atoms with Crippen molar-refractivity contribution < 1.29 is 13.9 Å². The van der Waals surface area contributed by atoms with Crippen LogP contribution in [0.4, 0.5) is 4.39 Å². The third kappa shape index (κ3) is 4.96. The van der Waals surface area contributed by atoms with Crippen LogP contribution in [0.2, 0.25) is 0 Å². The highest BCUT2D eigenvalue weighted by molar-refractivity contribution is 5.43. The Morgan fingerprint density at radius 1 is 1.08 bits per heavy atom. The molecule has 2 aromatic carbocycles. The normalized spacial score (nSPS) is 11.4. The van der Waals surface area contributed by atoms with E-state index in [4.69, 9.17) is 9.47 Å². The maximum atomic E-state index is 13.7. The minimum absolute atomic E-state index is 0.0905. The summed E-state index contributed by atoms with van der Waals surface area (Å²) in [5, 5.41) is 3.52. The van der Waals surface area contributed by atoms with Crippen LogP contribution in [-0.4, -0.2) is 12.6 Å². The zero-order valence-electron chi connectivity index (χ0n) is 14.9. The van der Waals surface area contributed by atoms with Crippen molar-refractivity contribution in [1.29, 1.82) is 0 Å². The van der Waals surface area contributed by atoms with E-state index in [2.05, 4.69) is 26.1 Å². The molecule has 4 heteroatoms. The standard InChI is InChI=1S/C20H26FNO2/c1-5-20(2,3)22-13-15-10-11-18(19(12-15)23-4)24-14-16-8-6-7-9-17(16)21/h6-12,22H,5,13-14H2,1-4H3. The van der Waals surface area contributed by atoms with Crippen LogP contribution in [0.15, 0.2) is 42.5 Å². The second kappa shape index (κ2) is 8.15. The van der Waals surface area contributed by atoms with Crippen LogP contribution in [-0.2, 0) is 13.2 Å². The average Bonchev–Trinajstić information content (AvgIpc) is 2.59. The first kappa shape index (κ1) is 18.3. The molecule has 0 spiro atoms. The molecule has 0 aliphatic carbocycles. The first-order valence-corrected chi connectivity index (χ1v) is 8.23. The van der Waals surface area contributed by atoms with Crippen molar-refractivity contribution in [3.05, 3.63) is 59.4 Å². The molecule has 0 unspecified atom stereocenters. The summed E-state index contributed by atoms with van der Waals surface area (Å²) < 4.78 is 24.8. The Balaban J connectivity index is 2.05. The smallest absolute Gasteiger partial charge is 0.161 e. The van der Waals surface area contributed by atoms with Crippen molar-refractivity contribution in [1.82, 2.24) is 5.32 Å². The van der Waals surface area contributed by atoms with Gasteiger partial charge in [0.2, 0.25) is 0 Å². The van der Waals surface area contributed by atoms with Crippen LogP contribution >= 0.6 is 0 Å². The summed E-state index contributed by atoms with van der Waals surface area (Å²) in [7, 11) is 1.61. The van der Waals surface area contributed by atoms with Gasteiger partial charge in [0.1, 0.15) is 12.4 Å². The molecule has 0 aromatic heterocycles. The largest absolute Gasteiger partial charge is 0.493 e. The Morgan fingerprint density at radius 2 is 1.83 bits per heavy atom. The number of nitrogens with one attached hydrogen (secondary N) is 1. The number of rotatable bonds is 8. The minimum atomic E-state index is -0.265. The predicted molar refractivity (Wildman–Crippen MR) is 94.9 cm³/mol. The van der Waals surface area contributed by atoms with Crippen LogP contribution in [0.5, 0.6) is 11.5 Å². The molecule has 0 aliphatic rings. The number of ether oxygens (including phenoxy) is 2. The molecule has 24 heavy (non-hydrogen) atoms. The minimum Gasteiger partial charge on any atom is -0.493 e. The predicted octanol–water partition coefficient (Wildman–Crippen LogP) is 4.69. The van der Waals surface area contributed by atoms with Gasteiger partial charge in [0.15, 0.2) is 11.5 Å². The lowest BCUT2D eigenvalue weighted by molar-refractivity contribution is 0.279. The summed E-state index contributed by atoms with van der Waals surface area (Å²) in [5.41, 5.74) is 1.73. The van der Waals surface area contributed by atoms with E-state index in [1.165, 1.54) is 6.07 Å². The van der Waals surface area contributed by atoms with Crippen molar-refractivity contribution in [2.45, 2.75) is 45.9 Å². The fourth-order valence-corrected chi connectivity index (χ4v) is 2.18. The molecule has 2 rings (SSSR count). The highest BCUT2D eigenvalue weighted by Crippen LogP contribution is 2.29. The highest BCUT2D eigenvalue weighted by atomic mass is 19.1. The van der Waals surface area contributed by atoms with Gasteiger partial charge in [-0.1, -0.05) is 31.2 Å². The Bertz CT molecular complexity index is 670. The van der Waals surface area contributed by atoms with Crippen molar-refractivity contribution >= 4 is 0 Å². The summed E-state index contributed by atoms with van der Waals surface area (Å²) in [6, 6.07) is 12.4. The van der Waals surface area contributed by atoms with Crippen molar-refractivity contribution in [3.63, 3.8) is 0 Å². The lowest BCUT2D eigenvalue weighted by atomic mass is 10.0. The molecule has 0 amide bonds. The second-order valence-corrected chi connectivity index (χ2v) is 6.46. The van der Waals surface area contributed by atoms with Gasteiger partial charge < -0.3 is 14.8 Å². The van der Waals surface area contributed by atoms with Gasteiger partial charge in [-0.05, 0) is 44.0 Å². The number of hydrogen-bond donors (Lipinski definition) is 1. The van der Waals surface area contributed by atoms with Crippen LogP contribution in [0, 0.1) is 5.82 Å². The number of halogens is 1. The first-order valence-electron chi connectivity index (χ1n) is 8.23. The molecule has 1 N–H and O–H groups in total. The van der Waals surface area contributed by atoms with Gasteiger partial charge in [0.05, 0.1) is 7.11 Å². The first-order chi connectivity index (χ1) is 11.4. The lowest BCUT2D eigenvalue weighted by Gasteiger charge is -2.24. The zero-order chi connectivity index (χ0) is 17.6. The highest BCUT2D eigenvalue weighted by Gasteiger charge is 2.14. The fourth-order valence-electron chi connectivity index (χ4n) is 2.18. The van der Waals surface area contributed by atoms with Crippen LogP contribution < -0.4 is 14.8 Å². The SMILES string of the molecule is CCC(C)(C)NCc1ccc(OCc2ccccc2F)c(OC)c1. The van der Waals surface area contributed by atoms with Gasteiger partial charge in [-0.2, -0.15) is 0 Å². The van der Waals surface area contributed by atoms with Gasteiger partial charge >= 0.3 is 0 Å². The van der Waals surface area contributed by atoms with Crippen molar-refractivity contribution in [3.8, 4) is 11.5 Å². The van der Waals surface area contributed by atoms with Gasteiger partial charge in [-0.25, -0.2) is 4.39 Å². The van der Waals surface area contributed by atoms with E-state index >= 15 is 0 Å².